The smallest absolute Gasteiger partial charge is 0.227 e. The van der Waals surface area contributed by atoms with Gasteiger partial charge in [0.25, 0.3) is 0 Å². The fourth-order valence-electron chi connectivity index (χ4n) is 7.94. The van der Waals surface area contributed by atoms with Crippen LogP contribution in [0.2, 0.25) is 0 Å². The SMILES string of the molecule is CN(C(=O)Cc1ccc(Br)cc1)[C@H]1CC[C@@]2(O)[C@H]3Cc4ccc(O)c5c4[C@@]2(CCN3CC2CC2)[C@H]1O5. The van der Waals surface area contributed by atoms with Crippen LogP contribution in [0, 0.1) is 5.92 Å². The van der Waals surface area contributed by atoms with Crippen molar-refractivity contribution in [2.24, 2.45) is 5.92 Å². The molecule has 2 aliphatic heterocycles. The predicted octanol–water partition coefficient (Wildman–Crippen LogP) is 3.79. The lowest BCUT2D eigenvalue weighted by molar-refractivity contribution is -0.200. The van der Waals surface area contributed by atoms with Gasteiger partial charge in [0.2, 0.25) is 5.91 Å². The highest BCUT2D eigenvalue weighted by Crippen LogP contribution is 2.66. The first-order valence-corrected chi connectivity index (χ1v) is 14.1. The van der Waals surface area contributed by atoms with Gasteiger partial charge in [0.1, 0.15) is 6.10 Å². The van der Waals surface area contributed by atoms with E-state index in [4.69, 9.17) is 4.74 Å². The van der Waals surface area contributed by atoms with Gasteiger partial charge >= 0.3 is 0 Å². The van der Waals surface area contributed by atoms with E-state index in [1.54, 1.807) is 6.07 Å². The summed E-state index contributed by atoms with van der Waals surface area (Å²) >= 11 is 3.46. The van der Waals surface area contributed by atoms with Crippen LogP contribution < -0.4 is 4.74 Å². The van der Waals surface area contributed by atoms with E-state index in [9.17, 15) is 15.0 Å². The zero-order valence-corrected chi connectivity index (χ0v) is 22.2. The molecule has 2 N–H and O–H groups in total. The van der Waals surface area contributed by atoms with Crippen molar-refractivity contribution >= 4 is 21.8 Å². The van der Waals surface area contributed by atoms with Gasteiger partial charge in [-0.25, -0.2) is 0 Å². The van der Waals surface area contributed by atoms with Gasteiger partial charge in [0.15, 0.2) is 11.5 Å². The zero-order valence-electron chi connectivity index (χ0n) is 20.6. The molecule has 2 aromatic rings. The van der Waals surface area contributed by atoms with Gasteiger partial charge in [-0.15, -0.1) is 0 Å². The quantitative estimate of drug-likeness (QED) is 0.590. The molecule has 3 fully saturated rings. The van der Waals surface area contributed by atoms with Gasteiger partial charge < -0.3 is 19.8 Å². The van der Waals surface area contributed by atoms with Crippen molar-refractivity contribution in [3.63, 3.8) is 0 Å². The third-order valence-electron chi connectivity index (χ3n) is 9.89. The van der Waals surface area contributed by atoms with E-state index in [0.717, 1.165) is 47.4 Å². The first-order valence-electron chi connectivity index (χ1n) is 13.3. The second-order valence-electron chi connectivity index (χ2n) is 11.7. The molecule has 3 aliphatic carbocycles. The van der Waals surface area contributed by atoms with Gasteiger partial charge in [-0.3, -0.25) is 9.69 Å². The number of phenols is 1. The van der Waals surface area contributed by atoms with E-state index >= 15 is 0 Å². The molecular formula is C29H33BrN2O4. The van der Waals surface area contributed by atoms with E-state index in [-0.39, 0.29) is 29.8 Å². The number of aromatic hydroxyl groups is 1. The molecule has 2 bridgehead atoms. The fraction of sp³-hybridized carbons (Fsp3) is 0.552. The summed E-state index contributed by atoms with van der Waals surface area (Å²) in [6.45, 7) is 1.98. The van der Waals surface area contributed by atoms with Crippen LogP contribution in [0.3, 0.4) is 0 Å². The summed E-state index contributed by atoms with van der Waals surface area (Å²) in [5.74, 6) is 1.48. The lowest BCUT2D eigenvalue weighted by Crippen LogP contribution is -2.78. The number of carbonyl (C=O) groups excluding carboxylic acids is 1. The van der Waals surface area contributed by atoms with E-state index in [1.807, 2.05) is 42.3 Å². The number of carbonyl (C=O) groups is 1. The second-order valence-corrected chi connectivity index (χ2v) is 12.6. The summed E-state index contributed by atoms with van der Waals surface area (Å²) in [5, 5.41) is 23.4. The summed E-state index contributed by atoms with van der Waals surface area (Å²) in [6, 6.07) is 11.5. The Kier molecular flexibility index (Phi) is 5.09. The maximum Gasteiger partial charge on any atom is 0.227 e. The molecule has 5 atom stereocenters. The van der Waals surface area contributed by atoms with Crippen molar-refractivity contribution in [2.45, 2.75) is 74.1 Å². The van der Waals surface area contributed by atoms with E-state index in [2.05, 4.69) is 20.8 Å². The topological polar surface area (TPSA) is 73.2 Å². The fourth-order valence-corrected chi connectivity index (χ4v) is 8.20. The number of ether oxygens (including phenoxy) is 1. The molecular weight excluding hydrogens is 520 g/mol. The van der Waals surface area contributed by atoms with Crippen molar-refractivity contribution in [3.8, 4) is 11.5 Å². The van der Waals surface area contributed by atoms with Crippen LogP contribution in [-0.2, 0) is 23.1 Å². The number of nitrogens with zero attached hydrogens (tertiary/aromatic N) is 2. The molecule has 36 heavy (non-hydrogen) atoms. The maximum atomic E-state index is 13.5. The molecule has 2 saturated carbocycles. The molecule has 1 saturated heterocycles. The highest BCUT2D eigenvalue weighted by Gasteiger charge is 2.73. The van der Waals surface area contributed by atoms with E-state index in [0.29, 0.717) is 25.0 Å². The number of likely N-dealkylation sites (tertiary alicyclic amines) is 1. The van der Waals surface area contributed by atoms with Crippen molar-refractivity contribution in [3.05, 3.63) is 57.6 Å². The summed E-state index contributed by atoms with van der Waals surface area (Å²) in [6.07, 6.45) is 5.42. The predicted molar refractivity (Wildman–Crippen MR) is 139 cm³/mol. The van der Waals surface area contributed by atoms with Gasteiger partial charge in [0.05, 0.1) is 23.5 Å². The third kappa shape index (κ3) is 3.12. The van der Waals surface area contributed by atoms with Crippen molar-refractivity contribution in [1.29, 1.82) is 0 Å². The minimum atomic E-state index is -0.928. The normalized spacial score (nSPS) is 34.1. The summed E-state index contributed by atoms with van der Waals surface area (Å²) in [4.78, 5) is 17.8. The molecule has 7 heteroatoms. The number of halogens is 1. The first kappa shape index (κ1) is 23.1. The summed E-state index contributed by atoms with van der Waals surface area (Å²) < 4.78 is 7.62. The van der Waals surface area contributed by atoms with Gasteiger partial charge in [0, 0.05) is 29.7 Å². The number of rotatable bonds is 5. The minimum Gasteiger partial charge on any atom is -0.504 e. The first-order chi connectivity index (χ1) is 17.3. The van der Waals surface area contributed by atoms with Gasteiger partial charge in [-0.1, -0.05) is 34.1 Å². The van der Waals surface area contributed by atoms with Crippen LogP contribution in [0.25, 0.3) is 0 Å². The Hall–Kier alpha value is -2.09. The number of benzene rings is 2. The Morgan fingerprint density at radius 2 is 1.94 bits per heavy atom. The molecule has 5 aliphatic rings. The summed E-state index contributed by atoms with van der Waals surface area (Å²) in [7, 11) is 1.88. The molecule has 1 spiro atoms. The molecule has 0 unspecified atom stereocenters. The average Bonchev–Trinajstić information content (AvgIpc) is 3.60. The van der Waals surface area contributed by atoms with Crippen LogP contribution in [0.5, 0.6) is 11.5 Å². The monoisotopic (exact) mass is 552 g/mol. The Morgan fingerprint density at radius 3 is 2.69 bits per heavy atom. The van der Waals surface area contributed by atoms with Crippen LogP contribution in [0.1, 0.15) is 48.8 Å². The van der Waals surface area contributed by atoms with Crippen molar-refractivity contribution < 1.29 is 19.7 Å². The number of amides is 1. The highest BCUT2D eigenvalue weighted by molar-refractivity contribution is 9.10. The van der Waals surface area contributed by atoms with Gasteiger partial charge in [-0.05, 0) is 80.3 Å². The van der Waals surface area contributed by atoms with E-state index in [1.165, 1.54) is 18.4 Å². The molecule has 0 radical (unpaired) electrons. The number of piperidine rings is 1. The lowest BCUT2D eigenvalue weighted by Gasteiger charge is -2.64. The molecule has 6 nitrogen and oxygen atoms in total. The number of phenolic OH excluding ortho intramolecular Hbond substituents is 1. The third-order valence-corrected chi connectivity index (χ3v) is 10.4. The Bertz CT molecular complexity index is 1230. The standard InChI is InChI=1S/C29H33BrN2O4/c1-31(24(34)14-17-4-7-20(30)8-5-17)21-10-11-29(35)23-15-19-6-9-22(33)26-25(19)28(29,27(21)36-26)12-13-32(23)16-18-2-3-18/h4-9,18,21,23,27,33,35H,2-3,10-16H2,1H3/t21-,23+,27-,28-,29+/m0/s1. The lowest BCUT2D eigenvalue weighted by atomic mass is 9.48. The maximum absolute atomic E-state index is 13.5. The molecule has 2 heterocycles. The van der Waals surface area contributed by atoms with Crippen molar-refractivity contribution in [1.82, 2.24) is 9.80 Å². The average molecular weight is 553 g/mol. The number of hydrogen-bond acceptors (Lipinski definition) is 5. The molecule has 1 amide bonds. The van der Waals surface area contributed by atoms with Crippen LogP contribution in [0.4, 0.5) is 0 Å². The molecule has 190 valence electrons. The highest BCUT2D eigenvalue weighted by atomic mass is 79.9. The van der Waals surface area contributed by atoms with Crippen LogP contribution in [0.15, 0.2) is 40.9 Å². The number of hydrogen-bond donors (Lipinski definition) is 2. The van der Waals surface area contributed by atoms with Crippen LogP contribution >= 0.6 is 15.9 Å². The van der Waals surface area contributed by atoms with Gasteiger partial charge in [-0.2, -0.15) is 0 Å². The Morgan fingerprint density at radius 1 is 1.17 bits per heavy atom. The molecule has 7 rings (SSSR count). The minimum absolute atomic E-state index is 0.0469. The Labute approximate surface area is 220 Å². The van der Waals surface area contributed by atoms with Crippen molar-refractivity contribution in [2.75, 3.05) is 20.1 Å². The molecule has 2 aromatic carbocycles. The number of likely N-dealkylation sites (N-methyl/N-ethyl adjacent to an activating group) is 1. The summed E-state index contributed by atoms with van der Waals surface area (Å²) in [5.41, 5.74) is 1.64. The second kappa shape index (κ2) is 7.95. The Balaban J connectivity index is 1.26. The largest absolute Gasteiger partial charge is 0.504 e. The number of aliphatic hydroxyl groups is 1. The van der Waals surface area contributed by atoms with E-state index < -0.39 is 11.0 Å². The molecule has 0 aromatic heterocycles. The zero-order chi connectivity index (χ0) is 24.8. The van der Waals surface area contributed by atoms with Crippen LogP contribution in [-0.4, -0.2) is 69.8 Å².